The first kappa shape index (κ1) is 13.3. The van der Waals surface area contributed by atoms with Crippen LogP contribution in [0, 0.1) is 16.0 Å². The molecule has 98 valence electrons. The number of nitro groups is 1. The Morgan fingerprint density at radius 3 is 2.89 bits per heavy atom. The van der Waals surface area contributed by atoms with Crippen LogP contribution in [0.2, 0.25) is 5.02 Å². The van der Waals surface area contributed by atoms with Crippen LogP contribution in [0.4, 0.5) is 5.69 Å². The highest BCUT2D eigenvalue weighted by Crippen LogP contribution is 2.27. The van der Waals surface area contributed by atoms with Gasteiger partial charge in [0.15, 0.2) is 0 Å². The maximum atomic E-state index is 11.0. The molecule has 0 amide bonds. The molecule has 1 aliphatic rings. The lowest BCUT2D eigenvalue weighted by Gasteiger charge is -2.17. The molecule has 2 atom stereocenters. The predicted octanol–water partition coefficient (Wildman–Crippen LogP) is 3.53. The summed E-state index contributed by atoms with van der Waals surface area (Å²) in [5, 5.41) is 14.8. The highest BCUT2D eigenvalue weighted by atomic mass is 35.5. The van der Waals surface area contributed by atoms with Gasteiger partial charge in [-0.05, 0) is 30.9 Å². The van der Waals surface area contributed by atoms with Crippen LogP contribution in [-0.4, -0.2) is 11.0 Å². The van der Waals surface area contributed by atoms with Crippen molar-refractivity contribution in [2.75, 3.05) is 0 Å². The average molecular weight is 269 g/mol. The Morgan fingerprint density at radius 2 is 2.28 bits per heavy atom. The van der Waals surface area contributed by atoms with Gasteiger partial charge in [-0.2, -0.15) is 0 Å². The van der Waals surface area contributed by atoms with E-state index in [0.29, 0.717) is 29.1 Å². The van der Waals surface area contributed by atoms with Crippen molar-refractivity contribution in [3.8, 4) is 0 Å². The molecule has 1 saturated carbocycles. The lowest BCUT2D eigenvalue weighted by atomic mass is 10.1. The Bertz CT molecular complexity index is 451. The third kappa shape index (κ3) is 3.00. The summed E-state index contributed by atoms with van der Waals surface area (Å²) >= 11 is 5.79. The molecule has 0 aliphatic heterocycles. The molecule has 0 radical (unpaired) electrons. The molecule has 0 saturated heterocycles. The summed E-state index contributed by atoms with van der Waals surface area (Å²) in [5.74, 6) is 0.649. The molecule has 0 spiro atoms. The highest BCUT2D eigenvalue weighted by molar-refractivity contribution is 6.30. The second-order valence-electron chi connectivity index (χ2n) is 4.93. The number of halogens is 1. The van der Waals surface area contributed by atoms with Gasteiger partial charge in [-0.3, -0.25) is 10.1 Å². The van der Waals surface area contributed by atoms with Gasteiger partial charge >= 0.3 is 0 Å². The van der Waals surface area contributed by atoms with E-state index in [9.17, 15) is 10.1 Å². The molecule has 0 bridgehead atoms. The van der Waals surface area contributed by atoms with Crippen LogP contribution >= 0.6 is 11.6 Å². The van der Waals surface area contributed by atoms with E-state index in [0.717, 1.165) is 6.42 Å². The van der Waals surface area contributed by atoms with Gasteiger partial charge < -0.3 is 5.32 Å². The first-order chi connectivity index (χ1) is 8.58. The summed E-state index contributed by atoms with van der Waals surface area (Å²) in [7, 11) is 0. The Kier molecular flexibility index (Phi) is 4.19. The fourth-order valence-electron chi connectivity index (χ4n) is 2.55. The van der Waals surface area contributed by atoms with E-state index in [2.05, 4.69) is 12.2 Å². The second kappa shape index (κ2) is 5.67. The van der Waals surface area contributed by atoms with Crippen molar-refractivity contribution in [3.05, 3.63) is 38.9 Å². The van der Waals surface area contributed by atoms with Crippen molar-refractivity contribution in [1.82, 2.24) is 5.32 Å². The van der Waals surface area contributed by atoms with Gasteiger partial charge in [0, 0.05) is 29.2 Å². The van der Waals surface area contributed by atoms with Crippen molar-refractivity contribution in [1.29, 1.82) is 0 Å². The first-order valence-electron chi connectivity index (χ1n) is 6.24. The van der Waals surface area contributed by atoms with E-state index in [-0.39, 0.29) is 10.6 Å². The smallest absolute Gasteiger partial charge is 0.275 e. The molecule has 0 heterocycles. The van der Waals surface area contributed by atoms with Gasteiger partial charge in [0.2, 0.25) is 0 Å². The van der Waals surface area contributed by atoms with Crippen molar-refractivity contribution >= 4 is 17.3 Å². The minimum atomic E-state index is -0.374. The number of nitro benzene ring substituents is 1. The summed E-state index contributed by atoms with van der Waals surface area (Å²) in [6, 6.07) is 5.31. The normalized spacial score (nSPS) is 23.2. The Morgan fingerprint density at radius 1 is 1.50 bits per heavy atom. The zero-order chi connectivity index (χ0) is 13.1. The average Bonchev–Trinajstić information content (AvgIpc) is 2.73. The largest absolute Gasteiger partial charge is 0.309 e. The van der Waals surface area contributed by atoms with E-state index in [1.54, 1.807) is 12.1 Å². The van der Waals surface area contributed by atoms with Gasteiger partial charge in [0.05, 0.1) is 4.92 Å². The van der Waals surface area contributed by atoms with Gasteiger partial charge in [-0.15, -0.1) is 0 Å². The van der Waals surface area contributed by atoms with Gasteiger partial charge in [0.25, 0.3) is 5.69 Å². The number of benzene rings is 1. The SMILES string of the molecule is CC1CCCC1NCc1ccc(Cl)cc1[N+](=O)[O-]. The Balaban J connectivity index is 2.06. The molecule has 5 heteroatoms. The molecular weight excluding hydrogens is 252 g/mol. The molecule has 18 heavy (non-hydrogen) atoms. The zero-order valence-electron chi connectivity index (χ0n) is 10.4. The summed E-state index contributed by atoms with van der Waals surface area (Å²) in [6.45, 7) is 2.75. The quantitative estimate of drug-likeness (QED) is 0.671. The molecule has 0 aromatic heterocycles. The molecule has 1 aromatic rings. The van der Waals surface area contributed by atoms with Crippen molar-refractivity contribution in [2.24, 2.45) is 5.92 Å². The van der Waals surface area contributed by atoms with Crippen molar-refractivity contribution in [3.63, 3.8) is 0 Å². The second-order valence-corrected chi connectivity index (χ2v) is 5.36. The fraction of sp³-hybridized carbons (Fsp3) is 0.538. The monoisotopic (exact) mass is 268 g/mol. The van der Waals surface area contributed by atoms with Crippen LogP contribution < -0.4 is 5.32 Å². The maximum absolute atomic E-state index is 11.0. The molecule has 2 rings (SSSR count). The third-order valence-corrected chi connectivity index (χ3v) is 3.90. The Hall–Kier alpha value is -1.13. The summed E-state index contributed by atoms with van der Waals surface area (Å²) in [5.41, 5.74) is 0.796. The molecule has 1 N–H and O–H groups in total. The summed E-state index contributed by atoms with van der Waals surface area (Å²) in [6.07, 6.45) is 3.63. The molecule has 2 unspecified atom stereocenters. The van der Waals surface area contributed by atoms with Crippen LogP contribution in [0.3, 0.4) is 0 Å². The van der Waals surface area contributed by atoms with Crippen LogP contribution in [-0.2, 0) is 6.54 Å². The highest BCUT2D eigenvalue weighted by Gasteiger charge is 2.23. The number of nitrogens with one attached hydrogen (secondary N) is 1. The van der Waals surface area contributed by atoms with E-state index < -0.39 is 0 Å². The van der Waals surface area contributed by atoms with Gasteiger partial charge in [-0.1, -0.05) is 24.9 Å². The van der Waals surface area contributed by atoms with Gasteiger partial charge in [-0.25, -0.2) is 0 Å². The van der Waals surface area contributed by atoms with E-state index >= 15 is 0 Å². The topological polar surface area (TPSA) is 55.2 Å². The minimum Gasteiger partial charge on any atom is -0.309 e. The molecular formula is C13H17ClN2O2. The van der Waals surface area contributed by atoms with E-state index in [1.807, 2.05) is 0 Å². The fourth-order valence-corrected chi connectivity index (χ4v) is 2.71. The van der Waals surface area contributed by atoms with Crippen LogP contribution in [0.1, 0.15) is 31.7 Å². The van der Waals surface area contributed by atoms with E-state index in [4.69, 9.17) is 11.6 Å². The van der Waals surface area contributed by atoms with Crippen LogP contribution in [0.15, 0.2) is 18.2 Å². The summed E-state index contributed by atoms with van der Waals surface area (Å²) in [4.78, 5) is 10.6. The maximum Gasteiger partial charge on any atom is 0.275 e. The number of hydrogen-bond donors (Lipinski definition) is 1. The molecule has 1 aliphatic carbocycles. The summed E-state index contributed by atoms with van der Waals surface area (Å²) < 4.78 is 0. The van der Waals surface area contributed by atoms with Crippen molar-refractivity contribution < 1.29 is 4.92 Å². The molecule has 1 aromatic carbocycles. The predicted molar refractivity (Wildman–Crippen MR) is 71.7 cm³/mol. The lowest BCUT2D eigenvalue weighted by molar-refractivity contribution is -0.385. The standard InChI is InChI=1S/C13H17ClN2O2/c1-9-3-2-4-12(9)15-8-10-5-6-11(14)7-13(10)16(17)18/h5-7,9,12,15H,2-4,8H2,1H3. The third-order valence-electron chi connectivity index (χ3n) is 3.66. The Labute approximate surface area is 111 Å². The minimum absolute atomic E-state index is 0.0978. The molecule has 1 fully saturated rings. The first-order valence-corrected chi connectivity index (χ1v) is 6.62. The number of hydrogen-bond acceptors (Lipinski definition) is 3. The molecule has 4 nitrogen and oxygen atoms in total. The van der Waals surface area contributed by atoms with Crippen LogP contribution in [0.5, 0.6) is 0 Å². The zero-order valence-corrected chi connectivity index (χ0v) is 11.1. The van der Waals surface area contributed by atoms with Crippen molar-refractivity contribution in [2.45, 2.75) is 38.8 Å². The van der Waals surface area contributed by atoms with Gasteiger partial charge in [0.1, 0.15) is 0 Å². The lowest BCUT2D eigenvalue weighted by Crippen LogP contribution is -2.30. The van der Waals surface area contributed by atoms with Crippen LogP contribution in [0.25, 0.3) is 0 Å². The van der Waals surface area contributed by atoms with E-state index in [1.165, 1.54) is 18.9 Å². The number of nitrogens with zero attached hydrogens (tertiary/aromatic N) is 1. The number of rotatable bonds is 4.